The molecule has 220 valence electrons. The normalized spacial score (nSPS) is 15.7. The number of rotatable bonds is 15. The molecule has 0 saturated carbocycles. The summed E-state index contributed by atoms with van der Waals surface area (Å²) in [7, 11) is 0. The van der Waals surface area contributed by atoms with Gasteiger partial charge in [0.2, 0.25) is 29.5 Å². The van der Waals surface area contributed by atoms with E-state index in [9.17, 15) is 24.0 Å². The zero-order valence-electron chi connectivity index (χ0n) is 23.7. The summed E-state index contributed by atoms with van der Waals surface area (Å²) in [6, 6.07) is 3.63. The fourth-order valence-electron chi connectivity index (χ4n) is 4.34. The summed E-state index contributed by atoms with van der Waals surface area (Å²) in [5.74, 6) is -3.22. The highest BCUT2D eigenvalue weighted by Gasteiger charge is 2.34. The minimum absolute atomic E-state index is 0.0134. The van der Waals surface area contributed by atoms with Crippen LogP contribution in [0.5, 0.6) is 0 Å². The van der Waals surface area contributed by atoms with Gasteiger partial charge in [0.05, 0.1) is 0 Å². The Labute approximate surface area is 240 Å². The fourth-order valence-corrected chi connectivity index (χ4v) is 4.61. The maximum Gasteiger partial charge on any atom is 0.243 e. The summed E-state index contributed by atoms with van der Waals surface area (Å²) in [6.45, 7) is 8.79. The van der Waals surface area contributed by atoms with E-state index in [0.717, 1.165) is 16.5 Å². The molecule has 11 nitrogen and oxygen atoms in total. The molecule has 12 heteroatoms. The van der Waals surface area contributed by atoms with Gasteiger partial charge in [-0.3, -0.25) is 24.0 Å². The number of carbonyl (C=O) groups excluding carboxylic acids is 5. The van der Waals surface area contributed by atoms with E-state index in [-0.39, 0.29) is 29.9 Å². The monoisotopic (exact) mass is 574 g/mol. The van der Waals surface area contributed by atoms with Crippen molar-refractivity contribution in [3.63, 3.8) is 0 Å². The zero-order chi connectivity index (χ0) is 30.0. The largest absolute Gasteiger partial charge is 0.368 e. The predicted octanol–water partition coefficient (Wildman–Crippen LogP) is 1.18. The Balaban J connectivity index is 2.36. The van der Waals surface area contributed by atoms with Gasteiger partial charge in [0.25, 0.3) is 0 Å². The third-order valence-corrected chi connectivity index (χ3v) is 7.59. The highest BCUT2D eigenvalue weighted by Crippen LogP contribution is 2.20. The molecule has 6 atom stereocenters. The van der Waals surface area contributed by atoms with E-state index < -0.39 is 47.8 Å². The van der Waals surface area contributed by atoms with Gasteiger partial charge in [0, 0.05) is 36.2 Å². The number of hydrogen-bond acceptors (Lipinski definition) is 6. The number of aromatic amines is 1. The molecule has 1 aromatic heterocycles. The number of fused-ring (bicyclic) bond motifs is 1. The predicted molar refractivity (Wildman–Crippen MR) is 157 cm³/mol. The molecule has 2 rings (SSSR count). The standard InChI is InChI=1S/C28H42N6O5S/c1-6-15(3)23(31-17(5)35)28(39)34-24(16(4)7-2)27(38)32-21(26(37)33-22(14-40)25(29)36)12-18-13-30-20-11-9-8-10-19(18)20/h8-11,13,15-16,21-24,30,40H,6-7,12,14H2,1-5H3,(H2,29,36)(H,31,35)(H,32,38)(H,33,37)(H,34,39)/t15?,16?,21-,22-,23-,24-/m0/s1. The summed E-state index contributed by atoms with van der Waals surface area (Å²) < 4.78 is 0. The molecule has 1 aromatic carbocycles. The molecule has 0 fully saturated rings. The topological polar surface area (TPSA) is 175 Å². The lowest BCUT2D eigenvalue weighted by molar-refractivity contribution is -0.135. The number of benzene rings is 1. The van der Waals surface area contributed by atoms with E-state index >= 15 is 0 Å². The van der Waals surface area contributed by atoms with Gasteiger partial charge in [-0.15, -0.1) is 0 Å². The van der Waals surface area contributed by atoms with Crippen LogP contribution in [0.25, 0.3) is 10.9 Å². The Hall–Kier alpha value is -3.54. The first-order valence-corrected chi connectivity index (χ1v) is 14.2. The SMILES string of the molecule is CCC(C)[C@H](NC(C)=O)C(=O)N[C@H](C(=O)N[C@@H](Cc1c[nH]c2ccccc12)C(=O)N[C@@H](CS)C(N)=O)C(C)CC. The van der Waals surface area contributed by atoms with Crippen LogP contribution in [0, 0.1) is 11.8 Å². The Morgan fingerprint density at radius 1 is 0.850 bits per heavy atom. The van der Waals surface area contributed by atoms with Gasteiger partial charge in [0.1, 0.15) is 24.2 Å². The van der Waals surface area contributed by atoms with Crippen molar-refractivity contribution >= 4 is 53.1 Å². The van der Waals surface area contributed by atoms with Gasteiger partial charge in [-0.2, -0.15) is 12.6 Å². The van der Waals surface area contributed by atoms with Crippen molar-refractivity contribution in [2.45, 2.75) is 78.0 Å². The number of thiol groups is 1. The van der Waals surface area contributed by atoms with Crippen LogP contribution < -0.4 is 27.0 Å². The van der Waals surface area contributed by atoms with Crippen LogP contribution in [0.1, 0.15) is 53.0 Å². The van der Waals surface area contributed by atoms with Crippen LogP contribution in [-0.4, -0.2) is 64.4 Å². The maximum atomic E-state index is 13.7. The molecule has 0 spiro atoms. The van der Waals surface area contributed by atoms with E-state index in [4.69, 9.17) is 5.73 Å². The van der Waals surface area contributed by atoms with Crippen LogP contribution >= 0.6 is 12.6 Å². The van der Waals surface area contributed by atoms with Crippen LogP contribution in [0.15, 0.2) is 30.5 Å². The molecule has 0 aliphatic carbocycles. The second-order valence-corrected chi connectivity index (χ2v) is 10.6. The first-order chi connectivity index (χ1) is 18.9. The van der Waals surface area contributed by atoms with E-state index in [2.05, 4.69) is 38.9 Å². The molecule has 0 bridgehead atoms. The number of aromatic nitrogens is 1. The van der Waals surface area contributed by atoms with Gasteiger partial charge in [-0.25, -0.2) is 0 Å². The molecule has 0 saturated heterocycles. The number of para-hydroxylation sites is 1. The van der Waals surface area contributed by atoms with E-state index in [1.54, 1.807) is 6.20 Å². The van der Waals surface area contributed by atoms with Crippen molar-refractivity contribution in [2.75, 3.05) is 5.75 Å². The average molecular weight is 575 g/mol. The number of nitrogens with two attached hydrogens (primary N) is 1. The van der Waals surface area contributed by atoms with Gasteiger partial charge in [0.15, 0.2) is 0 Å². The summed E-state index contributed by atoms with van der Waals surface area (Å²) in [5, 5.41) is 11.7. The molecule has 0 aliphatic rings. The molecule has 40 heavy (non-hydrogen) atoms. The van der Waals surface area contributed by atoms with Crippen LogP contribution in [0.3, 0.4) is 0 Å². The van der Waals surface area contributed by atoms with Crippen molar-refractivity contribution in [1.29, 1.82) is 0 Å². The summed E-state index contributed by atoms with van der Waals surface area (Å²) >= 11 is 4.10. The summed E-state index contributed by atoms with van der Waals surface area (Å²) in [6.07, 6.45) is 3.08. The van der Waals surface area contributed by atoms with Crippen molar-refractivity contribution in [2.24, 2.45) is 17.6 Å². The number of H-pyrrole nitrogens is 1. The van der Waals surface area contributed by atoms with E-state index in [0.29, 0.717) is 12.8 Å². The summed E-state index contributed by atoms with van der Waals surface area (Å²) in [4.78, 5) is 66.9. The lowest BCUT2D eigenvalue weighted by atomic mass is 9.94. The molecule has 2 aromatic rings. The van der Waals surface area contributed by atoms with Gasteiger partial charge >= 0.3 is 0 Å². The van der Waals surface area contributed by atoms with Crippen LogP contribution in [0.4, 0.5) is 0 Å². The Morgan fingerprint density at radius 2 is 1.40 bits per heavy atom. The lowest BCUT2D eigenvalue weighted by Crippen LogP contribution is -2.60. The number of amides is 5. The minimum atomic E-state index is -1.09. The second kappa shape index (κ2) is 15.3. The first kappa shape index (κ1) is 32.7. The molecule has 2 unspecified atom stereocenters. The zero-order valence-corrected chi connectivity index (χ0v) is 24.6. The number of nitrogens with one attached hydrogen (secondary N) is 5. The van der Waals surface area contributed by atoms with Crippen LogP contribution in [-0.2, 0) is 30.4 Å². The Morgan fingerprint density at radius 3 is 1.95 bits per heavy atom. The first-order valence-electron chi connectivity index (χ1n) is 13.6. The molecule has 0 aliphatic heterocycles. The molecule has 5 amide bonds. The number of primary amides is 1. The van der Waals surface area contributed by atoms with Crippen molar-refractivity contribution in [1.82, 2.24) is 26.3 Å². The molecule has 0 radical (unpaired) electrons. The number of carbonyl (C=O) groups is 5. The van der Waals surface area contributed by atoms with Crippen molar-refractivity contribution in [3.05, 3.63) is 36.0 Å². The second-order valence-electron chi connectivity index (χ2n) is 10.2. The van der Waals surface area contributed by atoms with Gasteiger partial charge in [-0.1, -0.05) is 58.7 Å². The molecular weight excluding hydrogens is 532 g/mol. The van der Waals surface area contributed by atoms with Gasteiger partial charge < -0.3 is 32.0 Å². The Bertz CT molecular complexity index is 1200. The quantitative estimate of drug-likeness (QED) is 0.158. The third-order valence-electron chi connectivity index (χ3n) is 7.22. The third kappa shape index (κ3) is 8.73. The van der Waals surface area contributed by atoms with E-state index in [1.165, 1.54) is 6.92 Å². The number of hydrogen-bond donors (Lipinski definition) is 7. The average Bonchev–Trinajstić information content (AvgIpc) is 3.34. The van der Waals surface area contributed by atoms with Gasteiger partial charge in [-0.05, 0) is 23.5 Å². The van der Waals surface area contributed by atoms with E-state index in [1.807, 2.05) is 52.0 Å². The Kier molecular flexibility index (Phi) is 12.5. The highest BCUT2D eigenvalue weighted by molar-refractivity contribution is 7.80. The molecule has 1 heterocycles. The van der Waals surface area contributed by atoms with Crippen molar-refractivity contribution in [3.8, 4) is 0 Å². The molecule has 7 N–H and O–H groups in total. The molecular formula is C28H42N6O5S. The van der Waals surface area contributed by atoms with Crippen molar-refractivity contribution < 1.29 is 24.0 Å². The highest BCUT2D eigenvalue weighted by atomic mass is 32.1. The van der Waals surface area contributed by atoms with Crippen LogP contribution in [0.2, 0.25) is 0 Å². The lowest BCUT2D eigenvalue weighted by Gasteiger charge is -2.30. The summed E-state index contributed by atoms with van der Waals surface area (Å²) in [5.41, 5.74) is 7.04. The smallest absolute Gasteiger partial charge is 0.243 e. The maximum absolute atomic E-state index is 13.7. The fraction of sp³-hybridized carbons (Fsp3) is 0.536. The minimum Gasteiger partial charge on any atom is -0.368 e.